The summed E-state index contributed by atoms with van der Waals surface area (Å²) in [5.41, 5.74) is 6.83. The van der Waals surface area contributed by atoms with Crippen molar-refractivity contribution in [3.8, 4) is 10.6 Å². The number of hydrogen-bond acceptors (Lipinski definition) is 5. The van der Waals surface area contributed by atoms with Crippen molar-refractivity contribution in [2.24, 2.45) is 11.1 Å². The minimum atomic E-state index is 0. The third kappa shape index (κ3) is 4.59. The van der Waals surface area contributed by atoms with Crippen molar-refractivity contribution in [2.75, 3.05) is 20.1 Å². The first-order valence-corrected chi connectivity index (χ1v) is 7.26. The second kappa shape index (κ2) is 7.22. The maximum absolute atomic E-state index is 5.76. The lowest BCUT2D eigenvalue weighted by atomic mass is 9.93. The van der Waals surface area contributed by atoms with E-state index < -0.39 is 0 Å². The maximum Gasteiger partial charge on any atom is 0.177 e. The summed E-state index contributed by atoms with van der Waals surface area (Å²) in [7, 11) is 2.08. The molecule has 112 valence electrons. The molecular formula is C14H22ClN3OS. The molecule has 2 aromatic rings. The zero-order chi connectivity index (χ0) is 13.9. The SMILES string of the molecule is CN(Cc1cc(-c2cccs2)on1)CC(C)(C)CN.Cl. The fourth-order valence-corrected chi connectivity index (χ4v) is 2.72. The van der Waals surface area contributed by atoms with Gasteiger partial charge in [-0.15, -0.1) is 23.7 Å². The standard InChI is InChI=1S/C14H21N3OS.ClH/c1-14(2,9-15)10-17(3)8-11-7-12(18-16-11)13-5-4-6-19-13;/h4-7H,8-10,15H2,1-3H3;1H. The quantitative estimate of drug-likeness (QED) is 0.889. The minimum absolute atomic E-state index is 0. The fourth-order valence-electron chi connectivity index (χ4n) is 2.05. The van der Waals surface area contributed by atoms with E-state index in [9.17, 15) is 0 Å². The van der Waals surface area contributed by atoms with Gasteiger partial charge in [0.2, 0.25) is 0 Å². The van der Waals surface area contributed by atoms with Crippen molar-refractivity contribution < 1.29 is 4.52 Å². The van der Waals surface area contributed by atoms with Crippen LogP contribution in [0, 0.1) is 5.41 Å². The van der Waals surface area contributed by atoms with Crippen molar-refractivity contribution in [3.63, 3.8) is 0 Å². The average Bonchev–Trinajstić information content (AvgIpc) is 2.97. The first-order valence-electron chi connectivity index (χ1n) is 6.38. The maximum atomic E-state index is 5.76. The third-order valence-electron chi connectivity index (χ3n) is 3.01. The average molecular weight is 316 g/mol. The zero-order valence-electron chi connectivity index (χ0n) is 12.1. The van der Waals surface area contributed by atoms with E-state index >= 15 is 0 Å². The lowest BCUT2D eigenvalue weighted by Gasteiger charge is -2.28. The molecule has 2 rings (SSSR count). The number of thiophene rings is 1. The van der Waals surface area contributed by atoms with Gasteiger partial charge in [-0.1, -0.05) is 25.1 Å². The Morgan fingerprint density at radius 2 is 2.20 bits per heavy atom. The molecule has 0 unspecified atom stereocenters. The second-order valence-corrected chi connectivity index (χ2v) is 6.65. The van der Waals surface area contributed by atoms with Crippen molar-refractivity contribution >= 4 is 23.7 Å². The Morgan fingerprint density at radius 3 is 2.80 bits per heavy atom. The molecule has 6 heteroatoms. The van der Waals surface area contributed by atoms with E-state index in [2.05, 4.69) is 31.0 Å². The van der Waals surface area contributed by atoms with Gasteiger partial charge in [0, 0.05) is 19.2 Å². The molecule has 0 aliphatic carbocycles. The zero-order valence-corrected chi connectivity index (χ0v) is 13.8. The van der Waals surface area contributed by atoms with Gasteiger partial charge in [0.25, 0.3) is 0 Å². The van der Waals surface area contributed by atoms with Crippen LogP contribution in [0.5, 0.6) is 0 Å². The van der Waals surface area contributed by atoms with Crippen LogP contribution in [-0.4, -0.2) is 30.2 Å². The second-order valence-electron chi connectivity index (χ2n) is 5.70. The number of rotatable bonds is 6. The largest absolute Gasteiger partial charge is 0.355 e. The van der Waals surface area contributed by atoms with E-state index in [0.29, 0.717) is 6.54 Å². The van der Waals surface area contributed by atoms with Crippen molar-refractivity contribution in [3.05, 3.63) is 29.3 Å². The van der Waals surface area contributed by atoms with Crippen LogP contribution < -0.4 is 5.73 Å². The van der Waals surface area contributed by atoms with Gasteiger partial charge in [-0.25, -0.2) is 0 Å². The Morgan fingerprint density at radius 1 is 1.45 bits per heavy atom. The van der Waals surface area contributed by atoms with Crippen LogP contribution in [0.15, 0.2) is 28.1 Å². The van der Waals surface area contributed by atoms with Gasteiger partial charge in [0.05, 0.1) is 10.6 Å². The van der Waals surface area contributed by atoms with Crippen LogP contribution in [-0.2, 0) is 6.54 Å². The third-order valence-corrected chi connectivity index (χ3v) is 3.89. The Balaban J connectivity index is 0.00000200. The molecular weight excluding hydrogens is 294 g/mol. The van der Waals surface area contributed by atoms with E-state index in [0.717, 1.165) is 29.4 Å². The number of aromatic nitrogens is 1. The van der Waals surface area contributed by atoms with Gasteiger partial charge in [0.15, 0.2) is 5.76 Å². The summed E-state index contributed by atoms with van der Waals surface area (Å²) in [6.07, 6.45) is 0. The van der Waals surface area contributed by atoms with E-state index in [1.807, 2.05) is 23.6 Å². The molecule has 0 atom stereocenters. The summed E-state index contributed by atoms with van der Waals surface area (Å²) in [5, 5.41) is 6.16. The van der Waals surface area contributed by atoms with Gasteiger partial charge in [0.1, 0.15) is 0 Å². The molecule has 4 nitrogen and oxygen atoms in total. The Hall–Kier alpha value is -0.880. The number of nitrogens with zero attached hydrogens (tertiary/aromatic N) is 2. The van der Waals surface area contributed by atoms with Crippen LogP contribution in [0.2, 0.25) is 0 Å². The molecule has 0 saturated heterocycles. The summed E-state index contributed by atoms with van der Waals surface area (Å²) in [6, 6.07) is 6.06. The Kier molecular flexibility index (Phi) is 6.20. The predicted molar refractivity (Wildman–Crippen MR) is 86.2 cm³/mol. The van der Waals surface area contributed by atoms with E-state index in [1.165, 1.54) is 0 Å². The van der Waals surface area contributed by atoms with Gasteiger partial charge in [-0.3, -0.25) is 4.90 Å². The van der Waals surface area contributed by atoms with E-state index in [-0.39, 0.29) is 17.8 Å². The molecule has 0 aliphatic rings. The van der Waals surface area contributed by atoms with Crippen molar-refractivity contribution in [1.29, 1.82) is 0 Å². The molecule has 0 saturated carbocycles. The summed E-state index contributed by atoms with van der Waals surface area (Å²) >= 11 is 1.66. The van der Waals surface area contributed by atoms with Crippen LogP contribution in [0.4, 0.5) is 0 Å². The highest BCUT2D eigenvalue weighted by Crippen LogP contribution is 2.25. The van der Waals surface area contributed by atoms with Crippen LogP contribution in [0.25, 0.3) is 10.6 Å². The Labute approximate surface area is 130 Å². The predicted octanol–water partition coefficient (Wildman–Crippen LogP) is 3.24. The van der Waals surface area contributed by atoms with Crippen molar-refractivity contribution in [2.45, 2.75) is 20.4 Å². The molecule has 0 bridgehead atoms. The lowest BCUT2D eigenvalue weighted by molar-refractivity contribution is 0.206. The molecule has 0 spiro atoms. The van der Waals surface area contributed by atoms with Gasteiger partial charge >= 0.3 is 0 Å². The molecule has 2 N–H and O–H groups in total. The Bertz CT molecular complexity index is 510. The molecule has 2 heterocycles. The highest BCUT2D eigenvalue weighted by atomic mass is 35.5. The number of halogens is 1. The first kappa shape index (κ1) is 17.2. The highest BCUT2D eigenvalue weighted by molar-refractivity contribution is 7.13. The topological polar surface area (TPSA) is 55.3 Å². The lowest BCUT2D eigenvalue weighted by Crippen LogP contribution is -2.36. The van der Waals surface area contributed by atoms with Crippen LogP contribution in [0.3, 0.4) is 0 Å². The minimum Gasteiger partial charge on any atom is -0.355 e. The van der Waals surface area contributed by atoms with Crippen LogP contribution >= 0.6 is 23.7 Å². The molecule has 0 aromatic carbocycles. The molecule has 0 amide bonds. The summed E-state index contributed by atoms with van der Waals surface area (Å²) in [5.74, 6) is 0.844. The number of hydrogen-bond donors (Lipinski definition) is 1. The molecule has 20 heavy (non-hydrogen) atoms. The fraction of sp³-hybridized carbons (Fsp3) is 0.500. The summed E-state index contributed by atoms with van der Waals surface area (Å²) in [4.78, 5) is 3.34. The monoisotopic (exact) mass is 315 g/mol. The molecule has 0 radical (unpaired) electrons. The number of nitrogens with two attached hydrogens (primary N) is 1. The first-order chi connectivity index (χ1) is 9.00. The van der Waals surface area contributed by atoms with E-state index in [4.69, 9.17) is 10.3 Å². The summed E-state index contributed by atoms with van der Waals surface area (Å²) < 4.78 is 5.38. The summed E-state index contributed by atoms with van der Waals surface area (Å²) in [6.45, 7) is 6.73. The van der Waals surface area contributed by atoms with Crippen molar-refractivity contribution in [1.82, 2.24) is 10.1 Å². The smallest absolute Gasteiger partial charge is 0.177 e. The molecule has 2 aromatic heterocycles. The molecule has 0 fully saturated rings. The van der Waals surface area contributed by atoms with Crippen LogP contribution in [0.1, 0.15) is 19.5 Å². The highest BCUT2D eigenvalue weighted by Gasteiger charge is 2.19. The van der Waals surface area contributed by atoms with E-state index in [1.54, 1.807) is 11.3 Å². The molecule has 0 aliphatic heterocycles. The van der Waals surface area contributed by atoms with Gasteiger partial charge in [-0.05, 0) is 30.5 Å². The van der Waals surface area contributed by atoms with Gasteiger partial charge in [-0.2, -0.15) is 0 Å². The van der Waals surface area contributed by atoms with Gasteiger partial charge < -0.3 is 10.3 Å². The normalized spacial score (nSPS) is 11.7.